The zero-order valence-electron chi connectivity index (χ0n) is 15.5. The molecule has 0 aliphatic heterocycles. The second-order valence-electron chi connectivity index (χ2n) is 5.88. The fourth-order valence-corrected chi connectivity index (χ4v) is 3.20. The van der Waals surface area contributed by atoms with Gasteiger partial charge >= 0.3 is 0 Å². The van der Waals surface area contributed by atoms with Crippen molar-refractivity contribution >= 4 is 28.8 Å². The van der Waals surface area contributed by atoms with Crippen LogP contribution >= 0.6 is 11.3 Å². The van der Waals surface area contributed by atoms with Gasteiger partial charge in [-0.2, -0.15) is 0 Å². The zero-order chi connectivity index (χ0) is 19.9. The molecule has 28 heavy (non-hydrogen) atoms. The van der Waals surface area contributed by atoms with Crippen LogP contribution in [0.5, 0.6) is 11.5 Å². The summed E-state index contributed by atoms with van der Waals surface area (Å²) in [7, 11) is 3.10. The lowest BCUT2D eigenvalue weighted by Gasteiger charge is -2.12. The molecule has 0 saturated carbocycles. The lowest BCUT2D eigenvalue weighted by molar-refractivity contribution is 0.0953. The molecule has 0 radical (unpaired) electrons. The minimum absolute atomic E-state index is 0.109. The molecular formula is C21H20N2O4S. The maximum Gasteiger partial charge on any atom is 0.261 e. The van der Waals surface area contributed by atoms with Gasteiger partial charge in [-0.3, -0.25) is 9.59 Å². The summed E-state index contributed by atoms with van der Waals surface area (Å²) in [4.78, 5) is 25.2. The van der Waals surface area contributed by atoms with E-state index in [9.17, 15) is 9.59 Å². The summed E-state index contributed by atoms with van der Waals surface area (Å²) >= 11 is 1.39. The standard InChI is InChI=1S/C21H20N2O4S/c1-26-16-9-10-18(27-2)17(12-16)23-20(24)15-7-5-14(6-8-15)13-22-21(25)19-4-3-11-28-19/h3-12H,13H2,1-2H3,(H,22,25)(H,23,24). The molecule has 0 aliphatic carbocycles. The highest BCUT2D eigenvalue weighted by Gasteiger charge is 2.11. The molecule has 144 valence electrons. The van der Waals surface area contributed by atoms with Crippen LogP contribution in [-0.2, 0) is 6.54 Å². The summed E-state index contributed by atoms with van der Waals surface area (Å²) in [6.07, 6.45) is 0. The van der Waals surface area contributed by atoms with Crippen molar-refractivity contribution in [1.29, 1.82) is 0 Å². The van der Waals surface area contributed by atoms with Crippen LogP contribution in [-0.4, -0.2) is 26.0 Å². The summed E-state index contributed by atoms with van der Waals surface area (Å²) in [6, 6.07) is 15.9. The average molecular weight is 396 g/mol. The summed E-state index contributed by atoms with van der Waals surface area (Å²) in [6.45, 7) is 0.391. The smallest absolute Gasteiger partial charge is 0.261 e. The quantitative estimate of drug-likeness (QED) is 0.634. The van der Waals surface area contributed by atoms with Crippen LogP contribution in [0, 0.1) is 0 Å². The largest absolute Gasteiger partial charge is 0.497 e. The van der Waals surface area contributed by atoms with Crippen LogP contribution < -0.4 is 20.1 Å². The third-order valence-corrected chi connectivity index (χ3v) is 4.94. The van der Waals surface area contributed by atoms with E-state index in [1.165, 1.54) is 18.4 Å². The zero-order valence-corrected chi connectivity index (χ0v) is 16.3. The first-order chi connectivity index (χ1) is 13.6. The average Bonchev–Trinajstić information content (AvgIpc) is 3.27. The molecule has 6 nitrogen and oxygen atoms in total. The van der Waals surface area contributed by atoms with Crippen molar-refractivity contribution in [1.82, 2.24) is 5.32 Å². The van der Waals surface area contributed by atoms with Gasteiger partial charge in [0.15, 0.2) is 0 Å². The number of ether oxygens (including phenoxy) is 2. The molecule has 1 aromatic heterocycles. The van der Waals surface area contributed by atoms with Crippen molar-refractivity contribution < 1.29 is 19.1 Å². The van der Waals surface area contributed by atoms with Crippen molar-refractivity contribution in [2.45, 2.75) is 6.54 Å². The van der Waals surface area contributed by atoms with Gasteiger partial charge in [-0.25, -0.2) is 0 Å². The number of hydrogen-bond donors (Lipinski definition) is 2. The number of thiophene rings is 1. The van der Waals surface area contributed by atoms with E-state index in [0.717, 1.165) is 5.56 Å². The highest BCUT2D eigenvalue weighted by molar-refractivity contribution is 7.12. The fourth-order valence-electron chi connectivity index (χ4n) is 2.56. The van der Waals surface area contributed by atoms with Gasteiger partial charge in [0.25, 0.3) is 11.8 Å². The molecule has 1 heterocycles. The number of benzene rings is 2. The second-order valence-corrected chi connectivity index (χ2v) is 6.82. The third kappa shape index (κ3) is 4.69. The Hall–Kier alpha value is -3.32. The van der Waals surface area contributed by atoms with E-state index in [0.29, 0.717) is 34.2 Å². The molecule has 2 aromatic carbocycles. The highest BCUT2D eigenvalue weighted by atomic mass is 32.1. The number of amides is 2. The molecule has 0 fully saturated rings. The van der Waals surface area contributed by atoms with Gasteiger partial charge in [-0.05, 0) is 41.3 Å². The van der Waals surface area contributed by atoms with Crippen molar-refractivity contribution in [2.24, 2.45) is 0 Å². The normalized spacial score (nSPS) is 10.2. The Labute approximate surface area is 167 Å². The number of rotatable bonds is 7. The van der Waals surface area contributed by atoms with E-state index in [-0.39, 0.29) is 11.8 Å². The minimum Gasteiger partial charge on any atom is -0.497 e. The maximum atomic E-state index is 12.5. The van der Waals surface area contributed by atoms with E-state index in [2.05, 4.69) is 10.6 Å². The van der Waals surface area contributed by atoms with Gasteiger partial charge in [0.2, 0.25) is 0 Å². The van der Waals surface area contributed by atoms with Crippen LogP contribution in [0.4, 0.5) is 5.69 Å². The molecule has 0 spiro atoms. The molecule has 2 amide bonds. The molecule has 3 rings (SSSR count). The van der Waals surface area contributed by atoms with Crippen LogP contribution in [0.3, 0.4) is 0 Å². The summed E-state index contributed by atoms with van der Waals surface area (Å²) in [5.74, 6) is 0.789. The maximum absolute atomic E-state index is 12.5. The van der Waals surface area contributed by atoms with E-state index < -0.39 is 0 Å². The lowest BCUT2D eigenvalue weighted by atomic mass is 10.1. The molecule has 0 saturated heterocycles. The Morgan fingerprint density at radius 2 is 1.75 bits per heavy atom. The van der Waals surface area contributed by atoms with E-state index in [4.69, 9.17) is 9.47 Å². The van der Waals surface area contributed by atoms with Crippen LogP contribution in [0.2, 0.25) is 0 Å². The molecule has 0 aliphatic rings. The van der Waals surface area contributed by atoms with Gasteiger partial charge in [0.05, 0.1) is 24.8 Å². The van der Waals surface area contributed by atoms with Crippen molar-refractivity contribution in [2.75, 3.05) is 19.5 Å². The Kier molecular flexibility index (Phi) is 6.29. The van der Waals surface area contributed by atoms with E-state index in [1.54, 1.807) is 43.5 Å². The first-order valence-corrected chi connectivity index (χ1v) is 9.42. The first kappa shape index (κ1) is 19.4. The van der Waals surface area contributed by atoms with E-state index in [1.807, 2.05) is 23.6 Å². The molecule has 0 bridgehead atoms. The number of hydrogen-bond acceptors (Lipinski definition) is 5. The molecule has 0 unspecified atom stereocenters. The van der Waals surface area contributed by atoms with Crippen LogP contribution in [0.25, 0.3) is 0 Å². The lowest BCUT2D eigenvalue weighted by Crippen LogP contribution is -2.21. The third-order valence-electron chi connectivity index (χ3n) is 4.07. The summed E-state index contributed by atoms with van der Waals surface area (Å²) < 4.78 is 10.5. The van der Waals surface area contributed by atoms with Gasteiger partial charge in [0, 0.05) is 18.2 Å². The van der Waals surface area contributed by atoms with Gasteiger partial charge in [-0.15, -0.1) is 11.3 Å². The monoisotopic (exact) mass is 396 g/mol. The van der Waals surface area contributed by atoms with Crippen molar-refractivity contribution in [3.63, 3.8) is 0 Å². The first-order valence-electron chi connectivity index (χ1n) is 8.54. The number of anilines is 1. The topological polar surface area (TPSA) is 76.7 Å². The molecule has 0 atom stereocenters. The van der Waals surface area contributed by atoms with Crippen molar-refractivity contribution in [3.8, 4) is 11.5 Å². The molecule has 2 N–H and O–H groups in total. The SMILES string of the molecule is COc1ccc(OC)c(NC(=O)c2ccc(CNC(=O)c3cccs3)cc2)c1. The van der Waals surface area contributed by atoms with Crippen LogP contribution in [0.15, 0.2) is 60.0 Å². The van der Waals surface area contributed by atoms with Gasteiger partial charge < -0.3 is 20.1 Å². The van der Waals surface area contributed by atoms with E-state index >= 15 is 0 Å². The summed E-state index contributed by atoms with van der Waals surface area (Å²) in [5, 5.41) is 7.55. The van der Waals surface area contributed by atoms with Gasteiger partial charge in [0.1, 0.15) is 11.5 Å². The fraction of sp³-hybridized carbons (Fsp3) is 0.143. The molecular weight excluding hydrogens is 376 g/mol. The molecule has 3 aromatic rings. The second kappa shape index (κ2) is 9.05. The Morgan fingerprint density at radius 3 is 2.39 bits per heavy atom. The number of nitrogens with one attached hydrogen (secondary N) is 2. The predicted molar refractivity (Wildman–Crippen MR) is 109 cm³/mol. The minimum atomic E-state index is -0.263. The number of carbonyl (C=O) groups is 2. The highest BCUT2D eigenvalue weighted by Crippen LogP contribution is 2.29. The Balaban J connectivity index is 1.63. The van der Waals surface area contributed by atoms with Gasteiger partial charge in [-0.1, -0.05) is 18.2 Å². The Morgan fingerprint density at radius 1 is 0.964 bits per heavy atom. The number of carbonyl (C=O) groups excluding carboxylic acids is 2. The number of methoxy groups -OCH3 is 2. The van der Waals surface area contributed by atoms with Crippen molar-refractivity contribution in [3.05, 3.63) is 76.0 Å². The van der Waals surface area contributed by atoms with Crippen LogP contribution in [0.1, 0.15) is 25.6 Å². The Bertz CT molecular complexity index is 953. The molecule has 7 heteroatoms. The predicted octanol–water partition coefficient (Wildman–Crippen LogP) is 3.95. The summed E-state index contributed by atoms with van der Waals surface area (Å²) in [5.41, 5.74) is 1.93.